The Bertz CT molecular complexity index is 377. The number of rotatable bonds is 4. The molecule has 1 aliphatic rings. The molecule has 2 heteroatoms. The predicted octanol–water partition coefficient (Wildman–Crippen LogP) is 4.93. The Kier molecular flexibility index (Phi) is 5.25. The van der Waals surface area contributed by atoms with Gasteiger partial charge in [0.15, 0.2) is 0 Å². The second kappa shape index (κ2) is 6.72. The monoisotopic (exact) mass is 309 g/mol. The number of nitrogens with one attached hydrogen (secondary N) is 1. The van der Waals surface area contributed by atoms with Crippen molar-refractivity contribution in [1.29, 1.82) is 0 Å². The van der Waals surface area contributed by atoms with Crippen LogP contribution in [0.5, 0.6) is 0 Å². The molecule has 1 N–H and O–H groups in total. The molecule has 18 heavy (non-hydrogen) atoms. The first-order chi connectivity index (χ1) is 8.65. The molecule has 0 heterocycles. The lowest BCUT2D eigenvalue weighted by molar-refractivity contribution is 0.268. The highest BCUT2D eigenvalue weighted by atomic mass is 79.9. The number of hydrogen-bond acceptors (Lipinski definition) is 1. The molecule has 0 saturated heterocycles. The normalized spacial score (nSPS) is 25.9. The van der Waals surface area contributed by atoms with Gasteiger partial charge in [0.05, 0.1) is 0 Å². The largest absolute Gasteiger partial charge is 0.310 e. The summed E-state index contributed by atoms with van der Waals surface area (Å²) in [6, 6.07) is 9.05. The summed E-state index contributed by atoms with van der Waals surface area (Å²) in [7, 11) is 0. The van der Waals surface area contributed by atoms with Gasteiger partial charge in [0, 0.05) is 10.5 Å². The zero-order chi connectivity index (χ0) is 13.0. The van der Waals surface area contributed by atoms with Crippen LogP contribution in [0.25, 0.3) is 0 Å². The summed E-state index contributed by atoms with van der Waals surface area (Å²) < 4.78 is 1.17. The van der Waals surface area contributed by atoms with Crippen LogP contribution in [0.1, 0.15) is 51.1 Å². The summed E-state index contributed by atoms with van der Waals surface area (Å²) in [6.07, 6.45) is 5.65. The van der Waals surface area contributed by atoms with Crippen LogP contribution in [0.15, 0.2) is 28.7 Å². The molecule has 0 spiro atoms. The Morgan fingerprint density at radius 1 is 1.39 bits per heavy atom. The molecular formula is C16H24BrN. The zero-order valence-corrected chi connectivity index (χ0v) is 13.0. The highest BCUT2D eigenvalue weighted by Crippen LogP contribution is 2.28. The van der Waals surface area contributed by atoms with Crippen molar-refractivity contribution >= 4 is 15.9 Å². The topological polar surface area (TPSA) is 12.0 Å². The molecule has 2 rings (SSSR count). The van der Waals surface area contributed by atoms with Gasteiger partial charge in [0.2, 0.25) is 0 Å². The van der Waals surface area contributed by atoms with Crippen LogP contribution in [0.3, 0.4) is 0 Å². The fourth-order valence-corrected chi connectivity index (χ4v) is 3.40. The number of halogens is 1. The summed E-state index contributed by atoms with van der Waals surface area (Å²) in [5.41, 5.74) is 1.37. The summed E-state index contributed by atoms with van der Waals surface area (Å²) in [5.74, 6) is 1.80. The van der Waals surface area contributed by atoms with Crippen LogP contribution < -0.4 is 5.32 Å². The fraction of sp³-hybridized carbons (Fsp3) is 0.625. The van der Waals surface area contributed by atoms with Crippen molar-refractivity contribution in [3.8, 4) is 0 Å². The molecule has 0 radical (unpaired) electrons. The minimum Gasteiger partial charge on any atom is -0.310 e. The maximum Gasteiger partial charge on any atom is 0.0292 e. The van der Waals surface area contributed by atoms with Crippen molar-refractivity contribution in [2.45, 2.75) is 45.6 Å². The third-order valence-corrected chi connectivity index (χ3v) is 4.60. The van der Waals surface area contributed by atoms with E-state index in [1.165, 1.54) is 35.7 Å². The molecule has 3 unspecified atom stereocenters. The molecule has 0 aliphatic heterocycles. The van der Waals surface area contributed by atoms with E-state index in [0.29, 0.717) is 6.04 Å². The van der Waals surface area contributed by atoms with Gasteiger partial charge in [-0.2, -0.15) is 0 Å². The van der Waals surface area contributed by atoms with Crippen LogP contribution in [0, 0.1) is 11.8 Å². The third-order valence-electron chi connectivity index (χ3n) is 4.11. The van der Waals surface area contributed by atoms with Crippen LogP contribution in [0.4, 0.5) is 0 Å². The Morgan fingerprint density at radius 2 is 2.22 bits per heavy atom. The molecule has 1 fully saturated rings. The number of hydrogen-bond donors (Lipinski definition) is 1. The van der Waals surface area contributed by atoms with E-state index in [1.807, 2.05) is 0 Å². The first-order valence-electron chi connectivity index (χ1n) is 7.14. The quantitative estimate of drug-likeness (QED) is 0.832. The lowest BCUT2D eigenvalue weighted by Gasteiger charge is -2.28. The van der Waals surface area contributed by atoms with Gasteiger partial charge in [-0.05, 0) is 55.8 Å². The Hall–Kier alpha value is -0.340. The standard InChI is InChI=1S/C16H24BrN/c1-12-5-3-6-14(9-12)11-18-13(2)15-7-4-8-16(17)10-15/h4,7-8,10,12-14,18H,3,5-6,9,11H2,1-2H3. The maximum atomic E-state index is 3.70. The van der Waals surface area contributed by atoms with Crippen molar-refractivity contribution in [3.63, 3.8) is 0 Å². The fourth-order valence-electron chi connectivity index (χ4n) is 2.98. The first kappa shape index (κ1) is 14.1. The molecular weight excluding hydrogens is 286 g/mol. The molecule has 0 amide bonds. The summed E-state index contributed by atoms with van der Waals surface area (Å²) in [4.78, 5) is 0. The second-order valence-corrected chi connectivity index (χ2v) is 6.74. The lowest BCUT2D eigenvalue weighted by atomic mass is 9.82. The van der Waals surface area contributed by atoms with E-state index >= 15 is 0 Å². The first-order valence-corrected chi connectivity index (χ1v) is 7.93. The summed E-state index contributed by atoms with van der Waals surface area (Å²) >= 11 is 3.54. The maximum absolute atomic E-state index is 3.70. The molecule has 3 atom stereocenters. The summed E-state index contributed by atoms with van der Waals surface area (Å²) in [5, 5.41) is 3.70. The highest BCUT2D eigenvalue weighted by Gasteiger charge is 2.19. The Balaban J connectivity index is 1.82. The van der Waals surface area contributed by atoms with E-state index in [1.54, 1.807) is 0 Å². The Morgan fingerprint density at radius 3 is 2.94 bits per heavy atom. The average molecular weight is 310 g/mol. The van der Waals surface area contributed by atoms with Crippen LogP contribution in [0.2, 0.25) is 0 Å². The van der Waals surface area contributed by atoms with Gasteiger partial charge in [-0.1, -0.05) is 47.8 Å². The van der Waals surface area contributed by atoms with Crippen molar-refractivity contribution in [2.24, 2.45) is 11.8 Å². The van der Waals surface area contributed by atoms with E-state index in [0.717, 1.165) is 18.4 Å². The SMILES string of the molecule is CC1CCCC(CNC(C)c2cccc(Br)c2)C1. The summed E-state index contributed by atoms with van der Waals surface area (Å²) in [6.45, 7) is 5.82. The third kappa shape index (κ3) is 4.10. The van der Waals surface area contributed by atoms with E-state index in [4.69, 9.17) is 0 Å². The van der Waals surface area contributed by atoms with Crippen LogP contribution in [-0.2, 0) is 0 Å². The minimum atomic E-state index is 0.444. The van der Waals surface area contributed by atoms with Gasteiger partial charge in [-0.25, -0.2) is 0 Å². The molecule has 0 aromatic heterocycles. The van der Waals surface area contributed by atoms with Crippen molar-refractivity contribution < 1.29 is 0 Å². The second-order valence-electron chi connectivity index (χ2n) is 5.82. The zero-order valence-electron chi connectivity index (χ0n) is 11.5. The Labute approximate surface area is 119 Å². The number of benzene rings is 1. The molecule has 1 aliphatic carbocycles. The molecule has 1 aromatic carbocycles. The van der Waals surface area contributed by atoms with E-state index in [2.05, 4.69) is 59.4 Å². The van der Waals surface area contributed by atoms with Crippen LogP contribution >= 0.6 is 15.9 Å². The van der Waals surface area contributed by atoms with Gasteiger partial charge >= 0.3 is 0 Å². The molecule has 1 saturated carbocycles. The van der Waals surface area contributed by atoms with Gasteiger partial charge in [-0.15, -0.1) is 0 Å². The van der Waals surface area contributed by atoms with Gasteiger partial charge in [0.1, 0.15) is 0 Å². The van der Waals surface area contributed by atoms with E-state index in [-0.39, 0.29) is 0 Å². The van der Waals surface area contributed by atoms with E-state index in [9.17, 15) is 0 Å². The molecule has 0 bridgehead atoms. The van der Waals surface area contributed by atoms with Gasteiger partial charge < -0.3 is 5.32 Å². The smallest absolute Gasteiger partial charge is 0.0292 e. The highest BCUT2D eigenvalue weighted by molar-refractivity contribution is 9.10. The van der Waals surface area contributed by atoms with Crippen molar-refractivity contribution in [2.75, 3.05) is 6.54 Å². The van der Waals surface area contributed by atoms with Gasteiger partial charge in [-0.3, -0.25) is 0 Å². The molecule has 1 aromatic rings. The van der Waals surface area contributed by atoms with Crippen molar-refractivity contribution in [1.82, 2.24) is 5.32 Å². The van der Waals surface area contributed by atoms with Crippen LogP contribution in [-0.4, -0.2) is 6.54 Å². The van der Waals surface area contributed by atoms with Crippen molar-refractivity contribution in [3.05, 3.63) is 34.3 Å². The predicted molar refractivity (Wildman–Crippen MR) is 81.7 cm³/mol. The molecule has 1 nitrogen and oxygen atoms in total. The van der Waals surface area contributed by atoms with E-state index < -0.39 is 0 Å². The lowest BCUT2D eigenvalue weighted by Crippen LogP contribution is -2.28. The average Bonchev–Trinajstić information content (AvgIpc) is 2.36. The molecule has 100 valence electrons. The van der Waals surface area contributed by atoms with Gasteiger partial charge in [0.25, 0.3) is 0 Å². The minimum absolute atomic E-state index is 0.444.